The van der Waals surface area contributed by atoms with E-state index >= 15 is 0 Å². The Bertz CT molecular complexity index is 611. The smallest absolute Gasteiger partial charge is 0.274 e. The summed E-state index contributed by atoms with van der Waals surface area (Å²) in [6.07, 6.45) is 0. The Morgan fingerprint density at radius 3 is 2.24 bits per heavy atom. The van der Waals surface area contributed by atoms with Crippen LogP contribution in [0.2, 0.25) is 5.15 Å². The largest absolute Gasteiger partial charge is 0.378 e. The van der Waals surface area contributed by atoms with E-state index in [4.69, 9.17) is 11.6 Å². The van der Waals surface area contributed by atoms with Crippen LogP contribution in [0.4, 0.5) is 5.69 Å². The summed E-state index contributed by atoms with van der Waals surface area (Å²) in [6, 6.07) is 11.2. The molecule has 1 aromatic heterocycles. The molecule has 0 N–H and O–H groups in total. The van der Waals surface area contributed by atoms with E-state index in [-0.39, 0.29) is 16.8 Å². The summed E-state index contributed by atoms with van der Waals surface area (Å²) in [5.41, 5.74) is 2.46. The van der Waals surface area contributed by atoms with Crippen molar-refractivity contribution in [3.8, 4) is 0 Å². The van der Waals surface area contributed by atoms with E-state index in [2.05, 4.69) is 10.2 Å². The molecule has 1 heterocycles. The van der Waals surface area contributed by atoms with Crippen LogP contribution in [0.1, 0.15) is 16.1 Å². The van der Waals surface area contributed by atoms with E-state index in [0.717, 1.165) is 11.3 Å². The number of benzene rings is 1. The van der Waals surface area contributed by atoms with Crippen LogP contribution in [-0.4, -0.2) is 42.1 Å². The van der Waals surface area contributed by atoms with E-state index in [1.165, 1.54) is 0 Å². The van der Waals surface area contributed by atoms with Gasteiger partial charge in [-0.3, -0.25) is 4.79 Å². The van der Waals surface area contributed by atoms with E-state index in [9.17, 15) is 4.79 Å². The lowest BCUT2D eigenvalue weighted by Crippen LogP contribution is -2.27. The number of rotatable bonds is 4. The van der Waals surface area contributed by atoms with Gasteiger partial charge < -0.3 is 9.80 Å². The van der Waals surface area contributed by atoms with Gasteiger partial charge in [-0.25, -0.2) is 0 Å². The molecular weight excluding hydrogens is 288 g/mol. The fourth-order valence-electron chi connectivity index (χ4n) is 1.87. The number of carbonyl (C=O) groups is 1. The van der Waals surface area contributed by atoms with Gasteiger partial charge in [-0.15, -0.1) is 10.2 Å². The third-order valence-electron chi connectivity index (χ3n) is 3.07. The van der Waals surface area contributed by atoms with Crippen molar-refractivity contribution in [2.45, 2.75) is 6.54 Å². The Morgan fingerprint density at radius 1 is 1.05 bits per heavy atom. The zero-order valence-electron chi connectivity index (χ0n) is 12.2. The minimum absolute atomic E-state index is 0.184. The Kier molecular flexibility index (Phi) is 4.75. The number of hydrogen-bond acceptors (Lipinski definition) is 4. The van der Waals surface area contributed by atoms with Gasteiger partial charge in [-0.2, -0.15) is 0 Å². The number of hydrogen-bond donors (Lipinski definition) is 0. The molecule has 2 aromatic rings. The topological polar surface area (TPSA) is 49.3 Å². The van der Waals surface area contributed by atoms with Crippen molar-refractivity contribution in [1.29, 1.82) is 0 Å². The van der Waals surface area contributed by atoms with Crippen LogP contribution in [0.25, 0.3) is 0 Å². The second-order valence-corrected chi connectivity index (χ2v) is 5.35. The van der Waals surface area contributed by atoms with Gasteiger partial charge in [0, 0.05) is 33.4 Å². The number of anilines is 1. The van der Waals surface area contributed by atoms with Crippen molar-refractivity contribution in [3.63, 3.8) is 0 Å². The van der Waals surface area contributed by atoms with Crippen molar-refractivity contribution < 1.29 is 4.79 Å². The molecule has 0 saturated carbocycles. The third kappa shape index (κ3) is 3.92. The van der Waals surface area contributed by atoms with Crippen LogP contribution in [0.5, 0.6) is 0 Å². The number of amides is 1. The minimum Gasteiger partial charge on any atom is -0.378 e. The quantitative estimate of drug-likeness (QED) is 0.870. The number of nitrogens with zero attached hydrogens (tertiary/aromatic N) is 4. The maximum absolute atomic E-state index is 12.2. The van der Waals surface area contributed by atoms with E-state index in [1.807, 2.05) is 43.3 Å². The third-order valence-corrected chi connectivity index (χ3v) is 3.27. The predicted octanol–water partition coefficient (Wildman–Crippen LogP) is 2.47. The SMILES string of the molecule is CN(Cc1ccc(N(C)C)cc1)C(=O)c1ccc(Cl)nn1. The van der Waals surface area contributed by atoms with Gasteiger partial charge in [-0.1, -0.05) is 23.7 Å². The van der Waals surface area contributed by atoms with Gasteiger partial charge >= 0.3 is 0 Å². The molecule has 0 atom stereocenters. The highest BCUT2D eigenvalue weighted by Gasteiger charge is 2.14. The summed E-state index contributed by atoms with van der Waals surface area (Å²) >= 11 is 5.66. The van der Waals surface area contributed by atoms with Crippen molar-refractivity contribution in [3.05, 3.63) is 52.8 Å². The van der Waals surface area contributed by atoms with Gasteiger partial charge in [0.2, 0.25) is 0 Å². The molecule has 21 heavy (non-hydrogen) atoms. The Labute approximate surface area is 129 Å². The lowest BCUT2D eigenvalue weighted by Gasteiger charge is -2.18. The van der Waals surface area contributed by atoms with Crippen LogP contribution >= 0.6 is 11.6 Å². The van der Waals surface area contributed by atoms with E-state index in [1.54, 1.807) is 24.1 Å². The lowest BCUT2D eigenvalue weighted by molar-refractivity contribution is 0.0778. The Hall–Kier alpha value is -2.14. The zero-order valence-corrected chi connectivity index (χ0v) is 13.0. The molecule has 0 aliphatic heterocycles. The highest BCUT2D eigenvalue weighted by Crippen LogP contribution is 2.14. The summed E-state index contributed by atoms with van der Waals surface area (Å²) in [4.78, 5) is 15.8. The molecule has 0 spiro atoms. The molecule has 0 aliphatic rings. The lowest BCUT2D eigenvalue weighted by atomic mass is 10.2. The Morgan fingerprint density at radius 2 is 1.71 bits per heavy atom. The van der Waals surface area contributed by atoms with Gasteiger partial charge in [0.1, 0.15) is 0 Å². The van der Waals surface area contributed by atoms with Crippen LogP contribution in [0, 0.1) is 0 Å². The molecule has 0 fully saturated rings. The molecule has 1 amide bonds. The summed E-state index contributed by atoms with van der Waals surface area (Å²) in [7, 11) is 5.71. The monoisotopic (exact) mass is 304 g/mol. The number of aromatic nitrogens is 2. The summed E-state index contributed by atoms with van der Waals surface area (Å²) < 4.78 is 0. The first-order chi connectivity index (χ1) is 9.97. The molecule has 0 bridgehead atoms. The number of halogens is 1. The highest BCUT2D eigenvalue weighted by molar-refractivity contribution is 6.29. The molecule has 0 saturated heterocycles. The number of carbonyl (C=O) groups excluding carboxylic acids is 1. The van der Waals surface area contributed by atoms with E-state index < -0.39 is 0 Å². The molecule has 0 radical (unpaired) electrons. The van der Waals surface area contributed by atoms with Crippen LogP contribution in [-0.2, 0) is 6.54 Å². The second kappa shape index (κ2) is 6.54. The first-order valence-electron chi connectivity index (χ1n) is 6.48. The van der Waals surface area contributed by atoms with Crippen molar-refractivity contribution >= 4 is 23.2 Å². The molecule has 0 aliphatic carbocycles. The van der Waals surface area contributed by atoms with Gasteiger partial charge in [-0.05, 0) is 29.8 Å². The Balaban J connectivity index is 2.05. The summed E-state index contributed by atoms with van der Waals surface area (Å²) in [5, 5.41) is 7.75. The van der Waals surface area contributed by atoms with Crippen LogP contribution in [0.15, 0.2) is 36.4 Å². The average Bonchev–Trinajstić information content (AvgIpc) is 2.47. The van der Waals surface area contributed by atoms with Gasteiger partial charge in [0.15, 0.2) is 10.8 Å². The van der Waals surface area contributed by atoms with Gasteiger partial charge in [0.05, 0.1) is 0 Å². The fourth-order valence-corrected chi connectivity index (χ4v) is 1.97. The summed E-state index contributed by atoms with van der Waals surface area (Å²) in [5.74, 6) is -0.184. The summed E-state index contributed by atoms with van der Waals surface area (Å²) in [6.45, 7) is 0.511. The molecular formula is C15H17ClN4O. The zero-order chi connectivity index (χ0) is 15.4. The average molecular weight is 305 g/mol. The molecule has 2 rings (SSSR count). The van der Waals surface area contributed by atoms with Crippen molar-refractivity contribution in [2.75, 3.05) is 26.0 Å². The van der Waals surface area contributed by atoms with Crippen molar-refractivity contribution in [2.24, 2.45) is 0 Å². The van der Waals surface area contributed by atoms with E-state index in [0.29, 0.717) is 6.54 Å². The molecule has 110 valence electrons. The molecule has 1 aromatic carbocycles. The first-order valence-corrected chi connectivity index (χ1v) is 6.86. The fraction of sp³-hybridized carbons (Fsp3) is 0.267. The van der Waals surface area contributed by atoms with Crippen LogP contribution < -0.4 is 4.90 Å². The maximum atomic E-state index is 12.2. The molecule has 6 heteroatoms. The van der Waals surface area contributed by atoms with Gasteiger partial charge in [0.25, 0.3) is 5.91 Å². The normalized spacial score (nSPS) is 10.3. The standard InChI is InChI=1S/C15H17ClN4O/c1-19(2)12-6-4-11(5-7-12)10-20(3)15(21)13-8-9-14(16)18-17-13/h4-9H,10H2,1-3H3. The second-order valence-electron chi connectivity index (χ2n) is 4.96. The molecule has 5 nitrogen and oxygen atoms in total. The van der Waals surface area contributed by atoms with Crippen molar-refractivity contribution in [1.82, 2.24) is 15.1 Å². The minimum atomic E-state index is -0.184. The first kappa shape index (κ1) is 15.3. The highest BCUT2D eigenvalue weighted by atomic mass is 35.5. The maximum Gasteiger partial charge on any atom is 0.274 e. The predicted molar refractivity (Wildman–Crippen MR) is 83.6 cm³/mol. The molecule has 0 unspecified atom stereocenters. The van der Waals surface area contributed by atoms with Crippen LogP contribution in [0.3, 0.4) is 0 Å².